The zero-order valence-electron chi connectivity index (χ0n) is 17.3. The van der Waals surface area contributed by atoms with Crippen molar-refractivity contribution in [3.63, 3.8) is 0 Å². The molecule has 0 radical (unpaired) electrons. The Morgan fingerprint density at radius 2 is 2.06 bits per heavy atom. The number of nitriles is 1. The van der Waals surface area contributed by atoms with Crippen LogP contribution in [0, 0.1) is 17.2 Å². The lowest BCUT2D eigenvalue weighted by Gasteiger charge is -2.36. The molecule has 158 valence electrons. The predicted molar refractivity (Wildman–Crippen MR) is 119 cm³/mol. The number of likely N-dealkylation sites (tertiary alicyclic amines) is 1. The number of benzene rings is 1. The molecule has 3 aliphatic heterocycles. The average Bonchev–Trinajstić information content (AvgIpc) is 3.43. The number of hydrogen-bond donors (Lipinski definition) is 1. The quantitative estimate of drug-likeness (QED) is 0.585. The van der Waals surface area contributed by atoms with Crippen molar-refractivity contribution in [3.8, 4) is 6.07 Å². The molecule has 8 nitrogen and oxygen atoms in total. The van der Waals surface area contributed by atoms with Crippen molar-refractivity contribution in [2.45, 2.75) is 38.4 Å². The number of anilines is 1. The maximum Gasteiger partial charge on any atom is 0.332 e. The molecule has 4 heterocycles. The van der Waals surface area contributed by atoms with Crippen molar-refractivity contribution < 1.29 is 9.59 Å². The molecule has 3 aliphatic rings. The lowest BCUT2D eigenvalue weighted by molar-refractivity contribution is -0.120. The highest BCUT2D eigenvalue weighted by Gasteiger charge is 2.62. The number of pyridine rings is 1. The molecule has 0 spiro atoms. The number of nitrogens with zero attached hydrogens (tertiary/aromatic N) is 5. The Morgan fingerprint density at radius 3 is 2.77 bits per heavy atom. The maximum atomic E-state index is 13.5. The summed E-state index contributed by atoms with van der Waals surface area (Å²) in [5.41, 5.74) is 0.692. The predicted octanol–water partition coefficient (Wildman–Crippen LogP) is 2.23. The second-order valence-electron chi connectivity index (χ2n) is 8.65. The number of piperazine rings is 1. The standard InChI is InChI=1S/C22H22N6O2S/c1-12(2)9-25-21(31)26-11-13-7-17(26)19-20(29)28(22(30)27(13)19)18-10-24-16(8-23)14-5-3-4-6-15(14)18/h3-6,10,12-13,17,19H,7,9,11H2,1-2H3,(H,25,31)/t13-,17?,19+/m1/s1. The highest BCUT2D eigenvalue weighted by Crippen LogP contribution is 2.43. The van der Waals surface area contributed by atoms with Crippen LogP contribution in [0.3, 0.4) is 0 Å². The molecule has 9 heteroatoms. The third-order valence-corrected chi connectivity index (χ3v) is 6.69. The molecule has 1 unspecified atom stereocenters. The number of fused-ring (bicyclic) bond motifs is 6. The first-order chi connectivity index (χ1) is 14.9. The van der Waals surface area contributed by atoms with Crippen LogP contribution in [-0.2, 0) is 4.79 Å². The van der Waals surface area contributed by atoms with Crippen molar-refractivity contribution in [2.24, 2.45) is 5.92 Å². The van der Waals surface area contributed by atoms with E-state index in [2.05, 4.69) is 35.1 Å². The van der Waals surface area contributed by atoms with Crippen LogP contribution >= 0.6 is 12.2 Å². The summed E-state index contributed by atoms with van der Waals surface area (Å²) in [6.07, 6.45) is 2.19. The number of carbonyl (C=O) groups excluding carboxylic acids is 2. The molecule has 1 aromatic heterocycles. The van der Waals surface area contributed by atoms with Crippen LogP contribution in [0.15, 0.2) is 30.5 Å². The number of aromatic nitrogens is 1. The van der Waals surface area contributed by atoms with E-state index < -0.39 is 6.04 Å². The van der Waals surface area contributed by atoms with E-state index in [1.165, 1.54) is 11.1 Å². The number of hydrogen-bond acceptors (Lipinski definition) is 5. The minimum Gasteiger partial charge on any atom is -0.362 e. The number of amides is 3. The fourth-order valence-electron chi connectivity index (χ4n) is 4.95. The number of carbonyl (C=O) groups is 2. The van der Waals surface area contributed by atoms with Gasteiger partial charge in [-0.15, -0.1) is 0 Å². The molecule has 5 rings (SSSR count). The van der Waals surface area contributed by atoms with Gasteiger partial charge in [0.1, 0.15) is 17.8 Å². The average molecular weight is 435 g/mol. The molecule has 3 fully saturated rings. The lowest BCUT2D eigenvalue weighted by Crippen LogP contribution is -2.57. The van der Waals surface area contributed by atoms with Crippen LogP contribution < -0.4 is 10.2 Å². The summed E-state index contributed by atoms with van der Waals surface area (Å²) >= 11 is 5.58. The van der Waals surface area contributed by atoms with Crippen molar-refractivity contribution in [3.05, 3.63) is 36.2 Å². The first-order valence-corrected chi connectivity index (χ1v) is 10.8. The van der Waals surface area contributed by atoms with E-state index in [0.29, 0.717) is 34.0 Å². The SMILES string of the molecule is CC(C)CNC(=S)N1C[C@H]2CC1[C@H]1C(=O)N(c3cnc(C#N)c4ccccc34)C(=O)N21. The second-order valence-corrected chi connectivity index (χ2v) is 9.03. The maximum absolute atomic E-state index is 13.5. The van der Waals surface area contributed by atoms with Gasteiger partial charge in [-0.1, -0.05) is 38.1 Å². The molecule has 31 heavy (non-hydrogen) atoms. The Bertz CT molecular complexity index is 1160. The van der Waals surface area contributed by atoms with Gasteiger partial charge in [0, 0.05) is 23.9 Å². The summed E-state index contributed by atoms with van der Waals surface area (Å²) in [6.45, 7) is 5.62. The molecule has 0 aliphatic carbocycles. The molecular formula is C22H22N6O2S. The van der Waals surface area contributed by atoms with Gasteiger partial charge in [0.2, 0.25) is 0 Å². The number of nitrogens with one attached hydrogen (secondary N) is 1. The smallest absolute Gasteiger partial charge is 0.332 e. The van der Waals surface area contributed by atoms with E-state index in [9.17, 15) is 14.9 Å². The summed E-state index contributed by atoms with van der Waals surface area (Å²) in [7, 11) is 0. The Labute approximate surface area is 185 Å². The van der Waals surface area contributed by atoms with Gasteiger partial charge in [-0.05, 0) is 24.6 Å². The van der Waals surface area contributed by atoms with Crippen molar-refractivity contribution >= 4 is 45.7 Å². The molecule has 3 amide bonds. The Kier molecular flexibility index (Phi) is 4.55. The van der Waals surface area contributed by atoms with Gasteiger partial charge in [-0.3, -0.25) is 4.79 Å². The Balaban J connectivity index is 1.48. The van der Waals surface area contributed by atoms with E-state index in [0.717, 1.165) is 13.0 Å². The molecule has 0 saturated carbocycles. The zero-order valence-corrected chi connectivity index (χ0v) is 18.1. The zero-order chi connectivity index (χ0) is 21.9. The fourth-order valence-corrected chi connectivity index (χ4v) is 5.24. The van der Waals surface area contributed by atoms with Gasteiger partial charge in [-0.25, -0.2) is 14.7 Å². The molecule has 2 bridgehead atoms. The van der Waals surface area contributed by atoms with E-state index >= 15 is 0 Å². The van der Waals surface area contributed by atoms with Gasteiger partial charge in [0.15, 0.2) is 5.11 Å². The van der Waals surface area contributed by atoms with E-state index in [-0.39, 0.29) is 29.7 Å². The van der Waals surface area contributed by atoms with Gasteiger partial charge >= 0.3 is 6.03 Å². The molecule has 3 saturated heterocycles. The lowest BCUT2D eigenvalue weighted by atomic mass is 10.1. The van der Waals surface area contributed by atoms with E-state index in [4.69, 9.17) is 12.2 Å². The van der Waals surface area contributed by atoms with Crippen LogP contribution in [0.2, 0.25) is 0 Å². The molecule has 3 atom stereocenters. The minimum atomic E-state index is -0.556. The summed E-state index contributed by atoms with van der Waals surface area (Å²) in [5.74, 6) is 0.196. The normalized spacial score (nSPS) is 24.3. The van der Waals surface area contributed by atoms with Crippen molar-refractivity contribution in [2.75, 3.05) is 18.0 Å². The third-order valence-electron chi connectivity index (χ3n) is 6.31. The van der Waals surface area contributed by atoms with Crippen LogP contribution in [0.5, 0.6) is 0 Å². The molecule has 1 aromatic carbocycles. The number of imide groups is 1. The van der Waals surface area contributed by atoms with E-state index in [1.807, 2.05) is 18.2 Å². The molecular weight excluding hydrogens is 412 g/mol. The van der Waals surface area contributed by atoms with Crippen LogP contribution in [0.1, 0.15) is 26.0 Å². The van der Waals surface area contributed by atoms with Crippen LogP contribution in [-0.4, -0.2) is 63.0 Å². The molecule has 2 aromatic rings. The summed E-state index contributed by atoms with van der Waals surface area (Å²) < 4.78 is 0. The summed E-state index contributed by atoms with van der Waals surface area (Å²) in [4.78, 5) is 36.1. The second kappa shape index (κ2) is 7.17. The van der Waals surface area contributed by atoms with Crippen molar-refractivity contribution in [1.82, 2.24) is 20.1 Å². The van der Waals surface area contributed by atoms with Crippen LogP contribution in [0.25, 0.3) is 10.8 Å². The monoisotopic (exact) mass is 434 g/mol. The summed E-state index contributed by atoms with van der Waals surface area (Å²) in [5, 5.41) is 14.6. The van der Waals surface area contributed by atoms with Gasteiger partial charge < -0.3 is 15.1 Å². The van der Waals surface area contributed by atoms with E-state index in [1.54, 1.807) is 11.0 Å². The highest BCUT2D eigenvalue weighted by atomic mass is 32.1. The Hall–Kier alpha value is -3.25. The van der Waals surface area contributed by atoms with Crippen LogP contribution in [0.4, 0.5) is 10.5 Å². The van der Waals surface area contributed by atoms with Gasteiger partial charge in [0.05, 0.1) is 24.0 Å². The van der Waals surface area contributed by atoms with Crippen molar-refractivity contribution in [1.29, 1.82) is 5.26 Å². The number of thiocarbonyl (C=S) groups is 1. The largest absolute Gasteiger partial charge is 0.362 e. The first kappa shape index (κ1) is 19.7. The molecule has 1 N–H and O–H groups in total. The highest BCUT2D eigenvalue weighted by molar-refractivity contribution is 7.80. The van der Waals surface area contributed by atoms with Gasteiger partial charge in [-0.2, -0.15) is 5.26 Å². The fraction of sp³-hybridized carbons (Fsp3) is 0.409. The topological polar surface area (TPSA) is 92.6 Å². The number of rotatable bonds is 3. The first-order valence-electron chi connectivity index (χ1n) is 10.4. The number of urea groups is 1. The Morgan fingerprint density at radius 1 is 1.32 bits per heavy atom. The minimum absolute atomic E-state index is 0.0483. The van der Waals surface area contributed by atoms with Gasteiger partial charge in [0.25, 0.3) is 5.91 Å². The summed E-state index contributed by atoms with van der Waals surface area (Å²) in [6, 6.07) is 8.24. The third kappa shape index (κ3) is 2.86.